The van der Waals surface area contributed by atoms with Gasteiger partial charge in [-0.05, 0) is 31.2 Å². The first-order chi connectivity index (χ1) is 9.65. The Morgan fingerprint density at radius 3 is 2.85 bits per heavy atom. The number of aromatic amines is 1. The smallest absolute Gasteiger partial charge is 0.224 e. The maximum atomic E-state index is 12.7. The van der Waals surface area contributed by atoms with Crippen LogP contribution < -0.4 is 10.1 Å². The number of H-pyrrole nitrogens is 1. The first-order valence-corrected chi connectivity index (χ1v) is 6.06. The predicted molar refractivity (Wildman–Crippen MR) is 67.2 cm³/mol. The van der Waals surface area contributed by atoms with E-state index in [0.717, 1.165) is 0 Å². The van der Waals surface area contributed by atoms with Gasteiger partial charge in [-0.3, -0.25) is 4.79 Å². The average Bonchev–Trinajstić information content (AvgIpc) is 2.95. The van der Waals surface area contributed by atoms with Crippen LogP contribution in [0.4, 0.5) is 4.39 Å². The van der Waals surface area contributed by atoms with E-state index in [1.807, 2.05) is 0 Å². The summed E-state index contributed by atoms with van der Waals surface area (Å²) in [6, 6.07) is 5.29. The molecule has 7 nitrogen and oxygen atoms in total. The molecule has 0 radical (unpaired) electrons. The number of amides is 1. The Morgan fingerprint density at radius 1 is 1.45 bits per heavy atom. The van der Waals surface area contributed by atoms with Crippen molar-refractivity contribution in [1.29, 1.82) is 0 Å². The van der Waals surface area contributed by atoms with Gasteiger partial charge >= 0.3 is 0 Å². The number of ether oxygens (including phenoxy) is 1. The zero-order valence-corrected chi connectivity index (χ0v) is 10.8. The first-order valence-electron chi connectivity index (χ1n) is 6.06. The topological polar surface area (TPSA) is 92.8 Å². The molecule has 0 aliphatic rings. The van der Waals surface area contributed by atoms with E-state index in [4.69, 9.17) is 4.74 Å². The number of hydrogen-bond acceptors (Lipinski definition) is 5. The molecule has 1 heterocycles. The first kappa shape index (κ1) is 13.9. The molecule has 1 amide bonds. The fraction of sp³-hybridized carbons (Fsp3) is 0.333. The Hall–Kier alpha value is -2.51. The van der Waals surface area contributed by atoms with E-state index in [2.05, 4.69) is 25.9 Å². The highest BCUT2D eigenvalue weighted by molar-refractivity contribution is 5.76. The van der Waals surface area contributed by atoms with Crippen LogP contribution >= 0.6 is 0 Å². The van der Waals surface area contributed by atoms with E-state index in [-0.39, 0.29) is 30.8 Å². The summed E-state index contributed by atoms with van der Waals surface area (Å²) in [4.78, 5) is 11.7. The Bertz CT molecular complexity index is 543. The summed E-state index contributed by atoms with van der Waals surface area (Å²) in [5.74, 6) is 0.414. The average molecular weight is 279 g/mol. The summed E-state index contributed by atoms with van der Waals surface area (Å²) in [6.45, 7) is 1.96. The third-order valence-corrected chi connectivity index (χ3v) is 2.54. The quantitative estimate of drug-likeness (QED) is 0.822. The number of tetrazole rings is 1. The third-order valence-electron chi connectivity index (χ3n) is 2.54. The molecular formula is C12H14FN5O2. The minimum Gasteiger partial charge on any atom is -0.493 e. The molecule has 0 spiro atoms. The standard InChI is InChI=1S/C12H14FN5O2/c1-8(12-15-17-18-16-12)14-11(19)6-7-20-10-4-2-9(13)3-5-10/h2-5,8H,6-7H2,1H3,(H,14,19)(H,15,16,17,18). The number of aromatic nitrogens is 4. The van der Waals surface area contributed by atoms with Crippen LogP contribution in [0.25, 0.3) is 0 Å². The molecule has 0 fully saturated rings. The number of nitrogens with zero attached hydrogens (tertiary/aromatic N) is 3. The largest absolute Gasteiger partial charge is 0.493 e. The molecular weight excluding hydrogens is 265 g/mol. The second-order valence-corrected chi connectivity index (χ2v) is 4.11. The molecule has 0 aliphatic heterocycles. The van der Waals surface area contributed by atoms with E-state index in [1.54, 1.807) is 6.92 Å². The summed E-state index contributed by atoms with van der Waals surface area (Å²) in [6.07, 6.45) is 0.180. The van der Waals surface area contributed by atoms with Crippen LogP contribution in [0.1, 0.15) is 25.2 Å². The molecule has 106 valence electrons. The minimum absolute atomic E-state index is 0.180. The fourth-order valence-corrected chi connectivity index (χ4v) is 1.52. The van der Waals surface area contributed by atoms with Gasteiger partial charge in [-0.1, -0.05) is 5.21 Å². The van der Waals surface area contributed by atoms with Crippen molar-refractivity contribution < 1.29 is 13.9 Å². The Kier molecular flexibility index (Phi) is 4.59. The maximum absolute atomic E-state index is 12.7. The van der Waals surface area contributed by atoms with E-state index in [0.29, 0.717) is 11.6 Å². The molecule has 1 aromatic heterocycles. The van der Waals surface area contributed by atoms with Gasteiger partial charge in [0.2, 0.25) is 5.91 Å². The molecule has 0 saturated carbocycles. The molecule has 0 aliphatic carbocycles. The van der Waals surface area contributed by atoms with Crippen molar-refractivity contribution in [3.8, 4) is 5.75 Å². The molecule has 8 heteroatoms. The van der Waals surface area contributed by atoms with Crippen molar-refractivity contribution in [3.05, 3.63) is 35.9 Å². The van der Waals surface area contributed by atoms with Crippen molar-refractivity contribution in [2.75, 3.05) is 6.61 Å². The number of carbonyl (C=O) groups excluding carboxylic acids is 1. The van der Waals surface area contributed by atoms with Crippen molar-refractivity contribution in [2.24, 2.45) is 0 Å². The van der Waals surface area contributed by atoms with Crippen molar-refractivity contribution >= 4 is 5.91 Å². The molecule has 2 aromatic rings. The summed E-state index contributed by atoms with van der Waals surface area (Å²) < 4.78 is 18.0. The van der Waals surface area contributed by atoms with Crippen LogP contribution in [0.3, 0.4) is 0 Å². The maximum Gasteiger partial charge on any atom is 0.224 e. The van der Waals surface area contributed by atoms with Crippen LogP contribution in [0, 0.1) is 5.82 Å². The Labute approximate surface area is 114 Å². The SMILES string of the molecule is CC(NC(=O)CCOc1ccc(F)cc1)c1nn[nH]n1. The van der Waals surface area contributed by atoms with Gasteiger partial charge < -0.3 is 10.1 Å². The lowest BCUT2D eigenvalue weighted by Gasteiger charge is -2.10. The van der Waals surface area contributed by atoms with Crippen molar-refractivity contribution in [2.45, 2.75) is 19.4 Å². The molecule has 2 rings (SSSR count). The molecule has 2 N–H and O–H groups in total. The third kappa shape index (κ3) is 4.01. The highest BCUT2D eigenvalue weighted by Crippen LogP contribution is 2.11. The lowest BCUT2D eigenvalue weighted by atomic mass is 10.3. The van der Waals surface area contributed by atoms with Crippen LogP contribution in [0.15, 0.2) is 24.3 Å². The van der Waals surface area contributed by atoms with Gasteiger partial charge in [-0.25, -0.2) is 4.39 Å². The Balaban J connectivity index is 1.71. The Morgan fingerprint density at radius 2 is 2.20 bits per heavy atom. The summed E-state index contributed by atoms with van der Waals surface area (Å²) >= 11 is 0. The fourth-order valence-electron chi connectivity index (χ4n) is 1.52. The molecule has 20 heavy (non-hydrogen) atoms. The highest BCUT2D eigenvalue weighted by Gasteiger charge is 2.13. The highest BCUT2D eigenvalue weighted by atomic mass is 19.1. The van der Waals surface area contributed by atoms with Crippen molar-refractivity contribution in [3.63, 3.8) is 0 Å². The van der Waals surface area contributed by atoms with Gasteiger partial charge in [-0.2, -0.15) is 5.21 Å². The molecule has 0 saturated heterocycles. The lowest BCUT2D eigenvalue weighted by Crippen LogP contribution is -2.28. The molecule has 0 bridgehead atoms. The summed E-state index contributed by atoms with van der Waals surface area (Å²) in [5, 5.41) is 16.0. The van der Waals surface area contributed by atoms with Crippen LogP contribution in [-0.2, 0) is 4.79 Å². The second kappa shape index (κ2) is 6.60. The molecule has 1 atom stereocenters. The zero-order valence-electron chi connectivity index (χ0n) is 10.8. The van der Waals surface area contributed by atoms with Crippen molar-refractivity contribution in [1.82, 2.24) is 25.9 Å². The molecule has 1 unspecified atom stereocenters. The number of carbonyl (C=O) groups is 1. The van der Waals surface area contributed by atoms with Gasteiger partial charge in [0.15, 0.2) is 5.82 Å². The lowest BCUT2D eigenvalue weighted by molar-refractivity contribution is -0.122. The number of nitrogens with one attached hydrogen (secondary N) is 2. The van der Waals surface area contributed by atoms with E-state index >= 15 is 0 Å². The second-order valence-electron chi connectivity index (χ2n) is 4.11. The number of hydrogen-bond donors (Lipinski definition) is 2. The minimum atomic E-state index is -0.330. The monoisotopic (exact) mass is 279 g/mol. The van der Waals surface area contributed by atoms with Crippen LogP contribution in [-0.4, -0.2) is 33.1 Å². The summed E-state index contributed by atoms with van der Waals surface area (Å²) in [5.41, 5.74) is 0. The van der Waals surface area contributed by atoms with Crippen LogP contribution in [0.2, 0.25) is 0 Å². The summed E-state index contributed by atoms with van der Waals surface area (Å²) in [7, 11) is 0. The van der Waals surface area contributed by atoms with Gasteiger partial charge in [0.05, 0.1) is 19.1 Å². The van der Waals surface area contributed by atoms with E-state index in [9.17, 15) is 9.18 Å². The normalized spacial score (nSPS) is 11.9. The van der Waals surface area contributed by atoms with Gasteiger partial charge in [-0.15, -0.1) is 10.2 Å². The van der Waals surface area contributed by atoms with Gasteiger partial charge in [0.25, 0.3) is 0 Å². The molecule has 1 aromatic carbocycles. The predicted octanol–water partition coefficient (Wildman–Crippen LogP) is 0.985. The van der Waals surface area contributed by atoms with Gasteiger partial charge in [0, 0.05) is 0 Å². The van der Waals surface area contributed by atoms with E-state index < -0.39 is 0 Å². The van der Waals surface area contributed by atoms with E-state index in [1.165, 1.54) is 24.3 Å². The number of rotatable bonds is 6. The van der Waals surface area contributed by atoms with Gasteiger partial charge in [0.1, 0.15) is 11.6 Å². The number of halogens is 1. The van der Waals surface area contributed by atoms with Crippen LogP contribution in [0.5, 0.6) is 5.75 Å². The zero-order chi connectivity index (χ0) is 14.4. The number of benzene rings is 1.